The molecule has 0 spiro atoms. The summed E-state index contributed by atoms with van der Waals surface area (Å²) in [7, 11) is 0. The second-order valence-electron chi connectivity index (χ2n) is 5.40. The molecule has 0 aliphatic heterocycles. The highest BCUT2D eigenvalue weighted by Crippen LogP contribution is 2.39. The van der Waals surface area contributed by atoms with E-state index in [4.69, 9.17) is 4.74 Å². The molecule has 2 N–H and O–H groups in total. The van der Waals surface area contributed by atoms with Gasteiger partial charge in [-0.3, -0.25) is 4.79 Å². The van der Waals surface area contributed by atoms with Crippen LogP contribution in [0.3, 0.4) is 0 Å². The number of aromatic nitrogens is 4. The van der Waals surface area contributed by atoms with E-state index in [0.717, 1.165) is 30.6 Å². The summed E-state index contributed by atoms with van der Waals surface area (Å²) in [6.45, 7) is 2.04. The van der Waals surface area contributed by atoms with Crippen LogP contribution in [0.5, 0.6) is 5.75 Å². The first kappa shape index (κ1) is 14.5. The van der Waals surface area contributed by atoms with Crippen molar-refractivity contribution >= 4 is 5.91 Å². The maximum Gasteiger partial charge on any atom is 0.258 e. The zero-order valence-electron chi connectivity index (χ0n) is 12.5. The number of hydrogen-bond donors (Lipinski definition) is 2. The van der Waals surface area contributed by atoms with Crippen molar-refractivity contribution in [3.05, 3.63) is 35.7 Å². The molecule has 1 unspecified atom stereocenters. The van der Waals surface area contributed by atoms with Gasteiger partial charge in [0.2, 0.25) is 0 Å². The van der Waals surface area contributed by atoms with E-state index < -0.39 is 0 Å². The first-order chi connectivity index (χ1) is 10.8. The summed E-state index contributed by atoms with van der Waals surface area (Å²) in [5.41, 5.74) is 1.09. The first-order valence-electron chi connectivity index (χ1n) is 7.51. The van der Waals surface area contributed by atoms with E-state index in [1.54, 1.807) is 0 Å². The molecule has 7 nitrogen and oxygen atoms in total. The number of nitrogens with one attached hydrogen (secondary N) is 2. The fraction of sp³-hybridized carbons (Fsp3) is 0.467. The Morgan fingerprint density at radius 2 is 2.27 bits per heavy atom. The number of benzene rings is 1. The van der Waals surface area contributed by atoms with E-state index in [1.165, 1.54) is 0 Å². The van der Waals surface area contributed by atoms with Crippen molar-refractivity contribution in [1.29, 1.82) is 0 Å². The number of tetrazole rings is 1. The smallest absolute Gasteiger partial charge is 0.258 e. The number of aromatic amines is 1. The highest BCUT2D eigenvalue weighted by molar-refractivity contribution is 5.78. The number of aryl methyl sites for hydroxylation is 1. The Kier molecular flexibility index (Phi) is 4.32. The van der Waals surface area contributed by atoms with Gasteiger partial charge in [0.25, 0.3) is 5.91 Å². The molecule has 1 atom stereocenters. The number of hydrogen-bond acceptors (Lipinski definition) is 5. The highest BCUT2D eigenvalue weighted by Gasteiger charge is 2.36. The first-order valence-corrected chi connectivity index (χ1v) is 7.51. The number of para-hydroxylation sites is 1. The van der Waals surface area contributed by atoms with Crippen molar-refractivity contribution in [2.24, 2.45) is 5.92 Å². The summed E-state index contributed by atoms with van der Waals surface area (Å²) in [6, 6.07) is 7.56. The third-order valence-electron chi connectivity index (χ3n) is 3.76. The Balaban J connectivity index is 1.58. The minimum atomic E-state index is -0.184. The molecular formula is C15H19N5O2. The van der Waals surface area contributed by atoms with Crippen molar-refractivity contribution in [3.8, 4) is 5.75 Å². The van der Waals surface area contributed by atoms with Crippen LogP contribution in [0.2, 0.25) is 0 Å². The van der Waals surface area contributed by atoms with E-state index in [0.29, 0.717) is 11.7 Å². The van der Waals surface area contributed by atoms with Crippen molar-refractivity contribution in [3.63, 3.8) is 0 Å². The molecule has 3 rings (SSSR count). The van der Waals surface area contributed by atoms with Crippen molar-refractivity contribution < 1.29 is 9.53 Å². The Morgan fingerprint density at radius 1 is 1.45 bits per heavy atom. The van der Waals surface area contributed by atoms with Crippen LogP contribution in [0.15, 0.2) is 24.3 Å². The molecule has 1 aromatic heterocycles. The predicted molar refractivity (Wildman–Crippen MR) is 79.1 cm³/mol. The number of H-pyrrole nitrogens is 1. The number of carbonyl (C=O) groups is 1. The summed E-state index contributed by atoms with van der Waals surface area (Å²) >= 11 is 0. The minimum absolute atomic E-state index is 0.0158. The summed E-state index contributed by atoms with van der Waals surface area (Å²) in [5.74, 6) is 1.50. The van der Waals surface area contributed by atoms with Crippen LogP contribution in [0.4, 0.5) is 0 Å². The predicted octanol–water partition coefficient (Wildman–Crippen LogP) is 1.41. The Morgan fingerprint density at radius 3 is 2.95 bits per heavy atom. The maximum absolute atomic E-state index is 12.1. The lowest BCUT2D eigenvalue weighted by Crippen LogP contribution is -2.34. The molecule has 116 valence electrons. The summed E-state index contributed by atoms with van der Waals surface area (Å²) in [6.07, 6.45) is 3.00. The Labute approximate surface area is 128 Å². The van der Waals surface area contributed by atoms with E-state index in [1.807, 2.05) is 24.3 Å². The standard InChI is InChI=1S/C15H19N5O2/c1-2-10-5-3-4-6-12(10)22-9-13(21)16-14(11-7-8-11)15-17-19-20-18-15/h3-6,11,14H,2,7-9H2,1H3,(H,16,21)(H,17,18,19,20). The van der Waals surface area contributed by atoms with E-state index >= 15 is 0 Å². The van der Waals surface area contributed by atoms with Gasteiger partial charge in [0.15, 0.2) is 12.4 Å². The molecule has 2 aromatic rings. The lowest BCUT2D eigenvalue weighted by atomic mass is 10.1. The number of nitrogens with zero attached hydrogens (tertiary/aromatic N) is 3. The van der Waals surface area contributed by atoms with Gasteiger partial charge in [-0.1, -0.05) is 30.3 Å². The van der Waals surface area contributed by atoms with Crippen LogP contribution >= 0.6 is 0 Å². The molecule has 1 saturated carbocycles. The van der Waals surface area contributed by atoms with Gasteiger partial charge in [0.05, 0.1) is 6.04 Å². The van der Waals surface area contributed by atoms with Crippen LogP contribution < -0.4 is 10.1 Å². The fourth-order valence-electron chi connectivity index (χ4n) is 2.42. The van der Waals surface area contributed by atoms with Gasteiger partial charge in [0, 0.05) is 0 Å². The molecule has 1 amide bonds. The van der Waals surface area contributed by atoms with Gasteiger partial charge in [-0.05, 0) is 36.8 Å². The van der Waals surface area contributed by atoms with Gasteiger partial charge in [-0.2, -0.15) is 5.21 Å². The zero-order chi connectivity index (χ0) is 15.4. The number of carbonyl (C=O) groups excluding carboxylic acids is 1. The molecule has 0 bridgehead atoms. The van der Waals surface area contributed by atoms with Gasteiger partial charge < -0.3 is 10.1 Å². The summed E-state index contributed by atoms with van der Waals surface area (Å²) < 4.78 is 5.63. The van der Waals surface area contributed by atoms with E-state index in [-0.39, 0.29) is 18.6 Å². The molecule has 0 radical (unpaired) electrons. The largest absolute Gasteiger partial charge is 0.483 e. The zero-order valence-corrected chi connectivity index (χ0v) is 12.5. The second kappa shape index (κ2) is 6.55. The summed E-state index contributed by atoms with van der Waals surface area (Å²) in [5, 5.41) is 16.9. The summed E-state index contributed by atoms with van der Waals surface area (Å²) in [4.78, 5) is 12.1. The average molecular weight is 301 g/mol. The quantitative estimate of drug-likeness (QED) is 0.806. The van der Waals surface area contributed by atoms with E-state index in [9.17, 15) is 4.79 Å². The monoisotopic (exact) mass is 301 g/mol. The van der Waals surface area contributed by atoms with Crippen LogP contribution in [-0.2, 0) is 11.2 Å². The van der Waals surface area contributed by atoms with E-state index in [2.05, 4.69) is 32.9 Å². The molecule has 22 heavy (non-hydrogen) atoms. The molecule has 7 heteroatoms. The lowest BCUT2D eigenvalue weighted by Gasteiger charge is -2.15. The molecule has 1 aliphatic rings. The Bertz CT molecular complexity index is 625. The highest BCUT2D eigenvalue weighted by atomic mass is 16.5. The maximum atomic E-state index is 12.1. The van der Waals surface area contributed by atoms with Crippen LogP contribution in [0.1, 0.15) is 37.2 Å². The second-order valence-corrected chi connectivity index (χ2v) is 5.40. The van der Waals surface area contributed by atoms with Crippen molar-refractivity contribution in [1.82, 2.24) is 25.9 Å². The molecule has 1 fully saturated rings. The molecule has 0 saturated heterocycles. The SMILES string of the molecule is CCc1ccccc1OCC(=O)NC(c1nn[nH]n1)C1CC1. The molecular weight excluding hydrogens is 282 g/mol. The molecule has 1 aliphatic carbocycles. The number of rotatable bonds is 7. The normalized spacial score (nSPS) is 15.3. The average Bonchev–Trinajstić information content (AvgIpc) is 3.25. The van der Waals surface area contributed by atoms with Crippen LogP contribution in [0.25, 0.3) is 0 Å². The molecule has 1 heterocycles. The van der Waals surface area contributed by atoms with Gasteiger partial charge in [-0.25, -0.2) is 0 Å². The van der Waals surface area contributed by atoms with Crippen molar-refractivity contribution in [2.75, 3.05) is 6.61 Å². The van der Waals surface area contributed by atoms with Gasteiger partial charge in [-0.15, -0.1) is 10.2 Å². The fourth-order valence-corrected chi connectivity index (χ4v) is 2.42. The minimum Gasteiger partial charge on any atom is -0.483 e. The number of ether oxygens (including phenoxy) is 1. The third kappa shape index (κ3) is 3.41. The molecule has 1 aromatic carbocycles. The topological polar surface area (TPSA) is 92.8 Å². The van der Waals surface area contributed by atoms with Crippen LogP contribution in [-0.4, -0.2) is 33.1 Å². The lowest BCUT2D eigenvalue weighted by molar-refractivity contribution is -0.124. The Hall–Kier alpha value is -2.44. The van der Waals surface area contributed by atoms with Crippen LogP contribution in [0, 0.1) is 5.92 Å². The van der Waals surface area contributed by atoms with Gasteiger partial charge in [0.1, 0.15) is 5.75 Å². The van der Waals surface area contributed by atoms with Gasteiger partial charge >= 0.3 is 0 Å². The van der Waals surface area contributed by atoms with Crippen molar-refractivity contribution in [2.45, 2.75) is 32.2 Å². The third-order valence-corrected chi connectivity index (χ3v) is 3.76. The number of amides is 1.